The minimum Gasteiger partial charge on any atom is -0.454 e. The Morgan fingerprint density at radius 1 is 1.18 bits per heavy atom. The number of tetrazole rings is 1. The lowest BCUT2D eigenvalue weighted by atomic mass is 9.82. The van der Waals surface area contributed by atoms with Gasteiger partial charge in [0.05, 0.1) is 11.1 Å². The Kier molecular flexibility index (Phi) is 3.95. The number of fused-ring (bicyclic) bond motifs is 6. The first-order valence-electron chi connectivity index (χ1n) is 10.8. The van der Waals surface area contributed by atoms with Gasteiger partial charge < -0.3 is 20.9 Å². The maximum Gasteiger partial charge on any atom is 0.271 e. The van der Waals surface area contributed by atoms with Crippen molar-refractivity contribution in [3.8, 4) is 5.75 Å². The largest absolute Gasteiger partial charge is 0.454 e. The molecule has 1 aliphatic carbocycles. The van der Waals surface area contributed by atoms with E-state index in [9.17, 15) is 14.7 Å². The number of nitrogen functional groups attached to an aromatic ring is 1. The fourth-order valence-corrected chi connectivity index (χ4v) is 4.86. The van der Waals surface area contributed by atoms with E-state index in [0.717, 1.165) is 5.56 Å². The normalized spacial score (nSPS) is 22.4. The number of benzene rings is 2. The average Bonchev–Trinajstić information content (AvgIpc) is 3.43. The lowest BCUT2D eigenvalue weighted by Gasteiger charge is -2.34. The molecule has 6 rings (SSSR count). The van der Waals surface area contributed by atoms with Crippen molar-refractivity contribution in [2.45, 2.75) is 31.1 Å². The number of Topliss-reactive ketones (excluding diaryl/α,β-unsaturated/α-hetero) is 1. The highest BCUT2D eigenvalue weighted by molar-refractivity contribution is 6.16. The summed E-state index contributed by atoms with van der Waals surface area (Å²) in [4.78, 5) is 27.4. The fraction of sp³-hybridized carbons (Fsp3) is 0.208. The summed E-state index contributed by atoms with van der Waals surface area (Å²) >= 11 is 0. The topological polar surface area (TPSA) is 145 Å². The molecule has 0 fully saturated rings. The summed E-state index contributed by atoms with van der Waals surface area (Å²) in [6.45, 7) is 4.06. The minimum absolute atomic E-state index is 0.125. The molecule has 0 saturated heterocycles. The number of ketones is 1. The third kappa shape index (κ3) is 2.40. The molecule has 2 unspecified atom stereocenters. The number of carbonyl (C=O) groups is 2. The van der Waals surface area contributed by atoms with Crippen LogP contribution in [0.2, 0.25) is 0 Å². The maximum atomic E-state index is 14.0. The predicted molar refractivity (Wildman–Crippen MR) is 120 cm³/mol. The molecule has 0 spiro atoms. The van der Waals surface area contributed by atoms with Crippen LogP contribution >= 0.6 is 0 Å². The number of pyridine rings is 1. The second kappa shape index (κ2) is 6.61. The van der Waals surface area contributed by atoms with Gasteiger partial charge in [0, 0.05) is 23.0 Å². The second-order valence-corrected chi connectivity index (χ2v) is 8.86. The number of aromatic nitrogens is 4. The van der Waals surface area contributed by atoms with Crippen LogP contribution in [0.1, 0.15) is 57.2 Å². The molecule has 4 aromatic rings. The van der Waals surface area contributed by atoms with Crippen molar-refractivity contribution >= 4 is 23.0 Å². The van der Waals surface area contributed by atoms with Crippen molar-refractivity contribution in [1.82, 2.24) is 25.4 Å². The molecular weight excluding hydrogens is 436 g/mol. The number of nitrogens with zero attached hydrogens (tertiary/aromatic N) is 4. The molecule has 2 aromatic heterocycles. The van der Waals surface area contributed by atoms with Crippen LogP contribution in [0.4, 0.5) is 5.69 Å². The predicted octanol–water partition coefficient (Wildman–Crippen LogP) is 1.89. The highest BCUT2D eigenvalue weighted by Gasteiger charge is 2.72. The molecule has 4 N–H and O–H groups in total. The lowest BCUT2D eigenvalue weighted by Crippen LogP contribution is -2.60. The molecule has 2 atom stereocenters. The highest BCUT2D eigenvalue weighted by atomic mass is 16.6. The first-order chi connectivity index (χ1) is 16.3. The van der Waals surface area contributed by atoms with E-state index in [1.165, 1.54) is 16.8 Å². The van der Waals surface area contributed by atoms with Gasteiger partial charge in [0.2, 0.25) is 11.3 Å². The summed E-state index contributed by atoms with van der Waals surface area (Å²) in [6, 6.07) is 13.3. The van der Waals surface area contributed by atoms with E-state index in [1.54, 1.807) is 36.4 Å². The van der Waals surface area contributed by atoms with Crippen LogP contribution in [-0.2, 0) is 11.3 Å². The van der Waals surface area contributed by atoms with E-state index in [4.69, 9.17) is 10.5 Å². The molecule has 1 aliphatic heterocycles. The number of aliphatic hydroxyl groups is 1. The van der Waals surface area contributed by atoms with Crippen molar-refractivity contribution in [3.05, 3.63) is 82.5 Å². The van der Waals surface area contributed by atoms with Gasteiger partial charge in [-0.3, -0.25) is 9.59 Å². The average molecular weight is 456 g/mol. The highest BCUT2D eigenvalue weighted by Crippen LogP contribution is 2.59. The molecule has 3 heterocycles. The Bertz CT molecular complexity index is 1530. The minimum atomic E-state index is -2.18. The monoisotopic (exact) mass is 456 g/mol. The van der Waals surface area contributed by atoms with Crippen LogP contribution in [0.5, 0.6) is 5.75 Å². The molecule has 34 heavy (non-hydrogen) atoms. The molecule has 0 saturated carbocycles. The number of carbonyl (C=O) groups excluding carboxylic acids is 2. The van der Waals surface area contributed by atoms with Gasteiger partial charge in [-0.15, -0.1) is 5.10 Å². The van der Waals surface area contributed by atoms with Crippen LogP contribution in [0.25, 0.3) is 5.65 Å². The number of anilines is 1. The Hall–Kier alpha value is -4.31. The van der Waals surface area contributed by atoms with E-state index >= 15 is 0 Å². The summed E-state index contributed by atoms with van der Waals surface area (Å²) in [7, 11) is 0. The van der Waals surface area contributed by atoms with E-state index < -0.39 is 23.0 Å². The summed E-state index contributed by atoms with van der Waals surface area (Å²) in [5.74, 6) is -2.82. The summed E-state index contributed by atoms with van der Waals surface area (Å²) < 4.78 is 7.43. The van der Waals surface area contributed by atoms with Crippen LogP contribution < -0.4 is 15.8 Å². The number of nitrogens with one attached hydrogen (secondary N) is 1. The lowest BCUT2D eigenvalue weighted by molar-refractivity contribution is -0.169. The van der Waals surface area contributed by atoms with Gasteiger partial charge in [-0.25, -0.2) is 0 Å². The van der Waals surface area contributed by atoms with Crippen LogP contribution in [0, 0.1) is 0 Å². The van der Waals surface area contributed by atoms with Crippen molar-refractivity contribution in [1.29, 1.82) is 0 Å². The zero-order valence-corrected chi connectivity index (χ0v) is 18.3. The smallest absolute Gasteiger partial charge is 0.271 e. The number of ether oxygens (including phenoxy) is 1. The molecule has 0 radical (unpaired) electrons. The van der Waals surface area contributed by atoms with Gasteiger partial charge in [0.25, 0.3) is 11.7 Å². The zero-order chi connectivity index (χ0) is 23.8. The number of amides is 1. The molecule has 10 nitrogen and oxygen atoms in total. The summed E-state index contributed by atoms with van der Waals surface area (Å²) in [5, 5.41) is 26.0. The summed E-state index contributed by atoms with van der Waals surface area (Å²) in [5.41, 5.74) is 6.70. The fourth-order valence-electron chi connectivity index (χ4n) is 4.86. The zero-order valence-electron chi connectivity index (χ0n) is 18.3. The van der Waals surface area contributed by atoms with Crippen LogP contribution in [-0.4, -0.2) is 36.8 Å². The third-order valence-electron chi connectivity index (χ3n) is 6.63. The van der Waals surface area contributed by atoms with Crippen molar-refractivity contribution < 1.29 is 19.4 Å². The van der Waals surface area contributed by atoms with Crippen molar-refractivity contribution in [3.63, 3.8) is 0 Å². The van der Waals surface area contributed by atoms with Crippen LogP contribution in [0.15, 0.2) is 54.7 Å². The quantitative estimate of drug-likeness (QED) is 0.396. The first-order valence-corrected chi connectivity index (χ1v) is 10.8. The molecule has 10 heteroatoms. The van der Waals surface area contributed by atoms with E-state index in [0.29, 0.717) is 17.0 Å². The van der Waals surface area contributed by atoms with Gasteiger partial charge in [0.1, 0.15) is 5.75 Å². The summed E-state index contributed by atoms with van der Waals surface area (Å²) in [6.07, 6.45) is 1.44. The van der Waals surface area contributed by atoms with Gasteiger partial charge >= 0.3 is 0 Å². The van der Waals surface area contributed by atoms with Gasteiger partial charge in [-0.2, -0.15) is 4.52 Å². The SMILES string of the molecule is CC(C)c1ccc2c(c1)OC1(O)c3cccc(N)c3C(=O)C21NC(=O)c1ccc2nnnn2c1. The van der Waals surface area contributed by atoms with E-state index in [2.05, 4.69) is 20.8 Å². The van der Waals surface area contributed by atoms with Gasteiger partial charge in [0.15, 0.2) is 5.65 Å². The molecule has 170 valence electrons. The number of hydrogen-bond donors (Lipinski definition) is 3. The first kappa shape index (κ1) is 20.3. The third-order valence-corrected chi connectivity index (χ3v) is 6.63. The molecule has 0 bridgehead atoms. The molecule has 2 aromatic carbocycles. The Morgan fingerprint density at radius 3 is 2.79 bits per heavy atom. The Labute approximate surface area is 193 Å². The number of hydrogen-bond acceptors (Lipinski definition) is 8. The van der Waals surface area contributed by atoms with Crippen molar-refractivity contribution in [2.75, 3.05) is 5.73 Å². The maximum absolute atomic E-state index is 14.0. The van der Waals surface area contributed by atoms with E-state index in [-0.39, 0.29) is 28.3 Å². The van der Waals surface area contributed by atoms with Gasteiger partial charge in [-0.1, -0.05) is 38.1 Å². The molecule has 2 aliphatic rings. The number of rotatable bonds is 3. The second-order valence-electron chi connectivity index (χ2n) is 8.86. The number of nitrogens with two attached hydrogens (primary N) is 1. The Balaban J connectivity index is 1.55. The molecule has 1 amide bonds. The van der Waals surface area contributed by atoms with Gasteiger partial charge in [-0.05, 0) is 46.2 Å². The molecular formula is C24H20N6O4. The van der Waals surface area contributed by atoms with Crippen molar-refractivity contribution in [2.24, 2.45) is 0 Å². The Morgan fingerprint density at radius 2 is 2.00 bits per heavy atom. The van der Waals surface area contributed by atoms with E-state index in [1.807, 2.05) is 19.9 Å². The van der Waals surface area contributed by atoms with Crippen LogP contribution in [0.3, 0.4) is 0 Å². The standard InChI is InChI=1S/C24H20N6O4/c1-12(2)13-6-8-15-18(10-13)34-24(33)16-4-3-5-17(25)20(16)21(31)23(15,24)26-22(32)14-7-9-19-27-28-29-30(19)11-14/h3-12,33H,25H2,1-2H3,(H,26,32).